The smallest absolute Gasteiger partial charge is 0.228 e. The number of rotatable bonds is 5. The van der Waals surface area contributed by atoms with Gasteiger partial charge in [0.1, 0.15) is 17.8 Å². The van der Waals surface area contributed by atoms with Crippen molar-refractivity contribution in [2.75, 3.05) is 21.3 Å². The molecule has 0 amide bonds. The molecule has 9 heteroatoms. The number of ether oxygens (including phenoxy) is 4. The van der Waals surface area contributed by atoms with Crippen molar-refractivity contribution < 1.29 is 23.7 Å². The molecule has 0 spiro atoms. The number of Topliss-reactive ketones (excluding diaryl/α,β-unsaturated/α-hetero) is 1. The lowest BCUT2D eigenvalue weighted by Crippen LogP contribution is -2.26. The summed E-state index contributed by atoms with van der Waals surface area (Å²) in [6.45, 7) is 0. The number of methoxy groups -OCH3 is 3. The van der Waals surface area contributed by atoms with E-state index < -0.39 is 0 Å². The number of aromatic nitrogens is 4. The van der Waals surface area contributed by atoms with E-state index in [2.05, 4.69) is 10.1 Å². The number of allylic oxidation sites excluding steroid dienone is 2. The topological polar surface area (TPSA) is 97.1 Å². The van der Waals surface area contributed by atoms with Crippen LogP contribution in [0.1, 0.15) is 36.3 Å². The van der Waals surface area contributed by atoms with Crippen molar-refractivity contribution in [1.82, 2.24) is 19.6 Å². The minimum Gasteiger partial charge on any atom is -0.497 e. The van der Waals surface area contributed by atoms with E-state index in [-0.39, 0.29) is 11.7 Å². The maximum atomic E-state index is 13.2. The molecule has 2 aliphatic rings. The zero-order valence-electron chi connectivity index (χ0n) is 20.1. The summed E-state index contributed by atoms with van der Waals surface area (Å²) < 4.78 is 24.0. The zero-order chi connectivity index (χ0) is 24.8. The normalized spacial score (nSPS) is 16.9. The van der Waals surface area contributed by atoms with Crippen LogP contribution in [-0.4, -0.2) is 46.7 Å². The number of ketones is 1. The first-order chi connectivity index (χ1) is 17.6. The van der Waals surface area contributed by atoms with Gasteiger partial charge in [0.15, 0.2) is 28.8 Å². The van der Waals surface area contributed by atoms with Crippen molar-refractivity contribution in [3.8, 4) is 34.5 Å². The summed E-state index contributed by atoms with van der Waals surface area (Å²) in [5.74, 6) is 3.28. The zero-order valence-corrected chi connectivity index (χ0v) is 20.1. The Bertz CT molecular complexity index is 1520. The van der Waals surface area contributed by atoms with Gasteiger partial charge in [0.05, 0.1) is 26.9 Å². The van der Waals surface area contributed by atoms with Gasteiger partial charge in [-0.3, -0.25) is 4.79 Å². The summed E-state index contributed by atoms with van der Waals surface area (Å²) in [6.07, 6.45) is 3.54. The van der Waals surface area contributed by atoms with Crippen molar-refractivity contribution in [3.05, 3.63) is 71.3 Å². The largest absolute Gasteiger partial charge is 0.497 e. The van der Waals surface area contributed by atoms with Gasteiger partial charge in [0, 0.05) is 29.9 Å². The van der Waals surface area contributed by atoms with Crippen LogP contribution in [0.4, 0.5) is 0 Å². The van der Waals surface area contributed by atoms with E-state index in [1.807, 2.05) is 42.5 Å². The van der Waals surface area contributed by atoms with Crippen LogP contribution in [0.15, 0.2) is 60.1 Å². The summed E-state index contributed by atoms with van der Waals surface area (Å²) in [5.41, 5.74) is 3.67. The van der Waals surface area contributed by atoms with Crippen LogP contribution >= 0.6 is 0 Å². The Hall–Kier alpha value is -4.40. The minimum absolute atomic E-state index is 0.0874. The molecule has 9 nitrogen and oxygen atoms in total. The van der Waals surface area contributed by atoms with Crippen LogP contribution in [0.3, 0.4) is 0 Å². The number of benzene rings is 2. The Balaban J connectivity index is 1.55. The number of carbonyl (C=O) groups is 1. The SMILES string of the molecule is COc1ccc(C2C3=C(CCCC3=O)Oc3ncn4nc(-c5ccc(OC)c(OC)c5)nc4c32)cc1. The molecule has 0 fully saturated rings. The van der Waals surface area contributed by atoms with E-state index in [4.69, 9.17) is 23.9 Å². The fourth-order valence-electron chi connectivity index (χ4n) is 4.94. The van der Waals surface area contributed by atoms with Crippen molar-refractivity contribution in [3.63, 3.8) is 0 Å². The lowest BCUT2D eigenvalue weighted by atomic mass is 9.78. The summed E-state index contributed by atoms with van der Waals surface area (Å²) in [7, 11) is 4.80. The Labute approximate surface area is 207 Å². The Morgan fingerprint density at radius 2 is 1.78 bits per heavy atom. The average molecular weight is 485 g/mol. The van der Waals surface area contributed by atoms with Gasteiger partial charge in [-0.2, -0.15) is 0 Å². The van der Waals surface area contributed by atoms with Gasteiger partial charge in [-0.15, -0.1) is 5.10 Å². The highest BCUT2D eigenvalue weighted by Gasteiger charge is 2.39. The van der Waals surface area contributed by atoms with E-state index in [1.165, 1.54) is 0 Å². The highest BCUT2D eigenvalue weighted by molar-refractivity contribution is 6.00. The minimum atomic E-state index is -0.374. The molecule has 36 heavy (non-hydrogen) atoms. The fraction of sp³-hybridized carbons (Fsp3) is 0.259. The van der Waals surface area contributed by atoms with Gasteiger partial charge in [-0.1, -0.05) is 12.1 Å². The van der Waals surface area contributed by atoms with E-state index in [0.717, 1.165) is 28.9 Å². The van der Waals surface area contributed by atoms with Gasteiger partial charge in [0.2, 0.25) is 5.88 Å². The fourth-order valence-corrected chi connectivity index (χ4v) is 4.94. The predicted molar refractivity (Wildman–Crippen MR) is 131 cm³/mol. The lowest BCUT2D eigenvalue weighted by Gasteiger charge is -2.32. The number of hydrogen-bond donors (Lipinski definition) is 0. The molecule has 1 unspecified atom stereocenters. The standard InChI is InChI=1S/C27H24N4O5/c1-33-17-10-7-15(8-11-17)22-23-18(32)5-4-6-20(23)36-27-24(22)26-29-25(30-31(26)14-28-27)16-9-12-19(34-2)21(13-16)35-3/h7-14,22H,4-6H2,1-3H3. The summed E-state index contributed by atoms with van der Waals surface area (Å²) >= 11 is 0. The van der Waals surface area contributed by atoms with Crippen LogP contribution < -0.4 is 18.9 Å². The molecule has 2 aromatic heterocycles. The Morgan fingerprint density at radius 3 is 2.53 bits per heavy atom. The summed E-state index contributed by atoms with van der Waals surface area (Å²) in [4.78, 5) is 22.6. The van der Waals surface area contributed by atoms with Gasteiger partial charge < -0.3 is 18.9 Å². The molecule has 182 valence electrons. The highest BCUT2D eigenvalue weighted by Crippen LogP contribution is 2.47. The molecule has 3 heterocycles. The third-order valence-corrected chi connectivity index (χ3v) is 6.68. The third-order valence-electron chi connectivity index (χ3n) is 6.68. The first-order valence-corrected chi connectivity index (χ1v) is 11.7. The van der Waals surface area contributed by atoms with E-state index in [9.17, 15) is 4.79 Å². The predicted octanol–water partition coefficient (Wildman–Crippen LogP) is 4.35. The van der Waals surface area contributed by atoms with Crippen molar-refractivity contribution in [2.45, 2.75) is 25.2 Å². The molecule has 0 radical (unpaired) electrons. The number of carbonyl (C=O) groups excluding carboxylic acids is 1. The van der Waals surface area contributed by atoms with E-state index >= 15 is 0 Å². The Kier molecular flexibility index (Phi) is 5.32. The maximum absolute atomic E-state index is 13.2. The van der Waals surface area contributed by atoms with Crippen LogP contribution in [-0.2, 0) is 4.79 Å². The molecule has 0 bridgehead atoms. The molecule has 1 aliphatic carbocycles. The number of nitrogens with zero attached hydrogens (tertiary/aromatic N) is 4. The summed E-state index contributed by atoms with van der Waals surface area (Å²) in [6, 6.07) is 13.2. The molecule has 1 aliphatic heterocycles. The van der Waals surface area contributed by atoms with Crippen molar-refractivity contribution >= 4 is 11.4 Å². The van der Waals surface area contributed by atoms with Crippen LogP contribution in [0, 0.1) is 0 Å². The molecule has 6 rings (SSSR count). The van der Waals surface area contributed by atoms with Crippen LogP contribution in [0.5, 0.6) is 23.1 Å². The molecule has 4 aromatic rings. The summed E-state index contributed by atoms with van der Waals surface area (Å²) in [5, 5.41) is 4.67. The molecule has 0 saturated heterocycles. The van der Waals surface area contributed by atoms with Gasteiger partial charge in [0.25, 0.3) is 0 Å². The van der Waals surface area contributed by atoms with Crippen LogP contribution in [0.25, 0.3) is 17.0 Å². The Morgan fingerprint density at radius 1 is 0.972 bits per heavy atom. The molecule has 1 atom stereocenters. The molecular formula is C27H24N4O5. The molecular weight excluding hydrogens is 460 g/mol. The van der Waals surface area contributed by atoms with Crippen LogP contribution in [0.2, 0.25) is 0 Å². The molecule has 0 N–H and O–H groups in total. The van der Waals surface area contributed by atoms with Crippen molar-refractivity contribution in [2.24, 2.45) is 0 Å². The van der Waals surface area contributed by atoms with Gasteiger partial charge in [-0.05, 0) is 42.3 Å². The second-order valence-electron chi connectivity index (χ2n) is 8.66. The highest BCUT2D eigenvalue weighted by atomic mass is 16.5. The molecule has 2 aromatic carbocycles. The quantitative estimate of drug-likeness (QED) is 0.413. The second-order valence-corrected chi connectivity index (χ2v) is 8.66. The van der Waals surface area contributed by atoms with E-state index in [0.29, 0.717) is 53.0 Å². The van der Waals surface area contributed by atoms with Gasteiger partial charge >= 0.3 is 0 Å². The van der Waals surface area contributed by atoms with Crippen molar-refractivity contribution in [1.29, 1.82) is 0 Å². The average Bonchev–Trinajstić information content (AvgIpc) is 3.36. The first-order valence-electron chi connectivity index (χ1n) is 11.7. The third kappa shape index (κ3) is 3.46. The lowest BCUT2D eigenvalue weighted by molar-refractivity contribution is -0.116. The van der Waals surface area contributed by atoms with E-state index in [1.54, 1.807) is 32.2 Å². The second kappa shape index (κ2) is 8.67. The first kappa shape index (κ1) is 22.1. The number of fused-ring (bicyclic) bond motifs is 3. The van der Waals surface area contributed by atoms with Gasteiger partial charge in [-0.25, -0.2) is 14.5 Å². The number of hydrogen-bond acceptors (Lipinski definition) is 8. The maximum Gasteiger partial charge on any atom is 0.228 e. The monoisotopic (exact) mass is 484 g/mol. The molecule has 0 saturated carbocycles.